The Morgan fingerprint density at radius 1 is 1.47 bits per heavy atom. The fourth-order valence-electron chi connectivity index (χ4n) is 1.95. The van der Waals surface area contributed by atoms with E-state index in [1.54, 1.807) is 7.11 Å². The molecular weight excluding hydrogens is 190 g/mol. The number of nitrogens with zero attached hydrogens (tertiary/aromatic N) is 2. The van der Waals surface area contributed by atoms with Gasteiger partial charge in [0.05, 0.1) is 5.69 Å². The molecule has 1 aromatic heterocycles. The van der Waals surface area contributed by atoms with Gasteiger partial charge in [0.15, 0.2) is 0 Å². The van der Waals surface area contributed by atoms with Crippen molar-refractivity contribution in [1.82, 2.24) is 9.78 Å². The lowest BCUT2D eigenvalue weighted by atomic mass is 10.1. The van der Waals surface area contributed by atoms with Crippen molar-refractivity contribution in [3.05, 3.63) is 17.0 Å². The normalized spacial score (nSPS) is 13.1. The smallest absolute Gasteiger partial charge is 0.0644 e. The van der Waals surface area contributed by atoms with Crippen molar-refractivity contribution < 1.29 is 4.74 Å². The van der Waals surface area contributed by atoms with Crippen LogP contribution in [0.3, 0.4) is 0 Å². The van der Waals surface area contributed by atoms with Crippen LogP contribution in [0.15, 0.2) is 0 Å². The van der Waals surface area contributed by atoms with E-state index in [1.807, 2.05) is 18.5 Å². The Hall–Kier alpha value is -0.870. The molecule has 0 saturated heterocycles. The van der Waals surface area contributed by atoms with Gasteiger partial charge in [-0.05, 0) is 27.2 Å². The summed E-state index contributed by atoms with van der Waals surface area (Å²) in [6, 6.07) is 0.0566. The number of ether oxygens (including phenoxy) is 1. The van der Waals surface area contributed by atoms with Gasteiger partial charge in [-0.25, -0.2) is 0 Å². The van der Waals surface area contributed by atoms with E-state index in [0.29, 0.717) is 0 Å². The third kappa shape index (κ3) is 2.79. The first kappa shape index (κ1) is 12.2. The molecule has 0 saturated carbocycles. The maximum atomic E-state index is 5.91. The van der Waals surface area contributed by atoms with Crippen LogP contribution in [0.5, 0.6) is 0 Å². The Morgan fingerprint density at radius 2 is 2.13 bits per heavy atom. The molecule has 4 heteroatoms. The van der Waals surface area contributed by atoms with Gasteiger partial charge in [0, 0.05) is 37.6 Å². The van der Waals surface area contributed by atoms with E-state index in [0.717, 1.165) is 25.3 Å². The third-order valence-corrected chi connectivity index (χ3v) is 2.61. The highest BCUT2D eigenvalue weighted by atomic mass is 16.5. The Labute approximate surface area is 91.4 Å². The highest BCUT2D eigenvalue weighted by molar-refractivity contribution is 5.27. The summed E-state index contributed by atoms with van der Waals surface area (Å²) < 4.78 is 7.04. The molecule has 0 spiro atoms. The number of hydrogen-bond donors (Lipinski definition) is 1. The summed E-state index contributed by atoms with van der Waals surface area (Å²) in [5, 5.41) is 4.48. The van der Waals surface area contributed by atoms with E-state index in [1.165, 1.54) is 11.3 Å². The molecule has 0 aliphatic carbocycles. The summed E-state index contributed by atoms with van der Waals surface area (Å²) in [4.78, 5) is 0. The molecule has 15 heavy (non-hydrogen) atoms. The van der Waals surface area contributed by atoms with Crippen LogP contribution in [0.25, 0.3) is 0 Å². The zero-order valence-electron chi connectivity index (χ0n) is 10.1. The molecule has 1 heterocycles. The Balaban J connectivity index is 2.77. The molecular formula is C11H21N3O. The van der Waals surface area contributed by atoms with Gasteiger partial charge in [-0.1, -0.05) is 0 Å². The minimum absolute atomic E-state index is 0.0566. The van der Waals surface area contributed by atoms with Crippen LogP contribution in [0, 0.1) is 13.8 Å². The number of aromatic nitrogens is 2. The lowest BCUT2D eigenvalue weighted by Gasteiger charge is -2.07. The molecule has 1 aromatic rings. The third-order valence-electron chi connectivity index (χ3n) is 2.61. The standard InChI is InChI=1S/C11H21N3O/c1-8(12)11-9(2)13-14(10(11)3)6-5-7-15-4/h8H,5-7,12H2,1-4H3. The number of aryl methyl sites for hydroxylation is 2. The van der Waals surface area contributed by atoms with E-state index < -0.39 is 0 Å². The fourth-order valence-corrected chi connectivity index (χ4v) is 1.95. The predicted molar refractivity (Wildman–Crippen MR) is 60.8 cm³/mol. The molecule has 1 unspecified atom stereocenters. The summed E-state index contributed by atoms with van der Waals surface area (Å²) in [5.41, 5.74) is 9.30. The summed E-state index contributed by atoms with van der Waals surface area (Å²) >= 11 is 0. The second-order valence-corrected chi connectivity index (χ2v) is 3.94. The number of nitrogens with two attached hydrogens (primary N) is 1. The summed E-state index contributed by atoms with van der Waals surface area (Å²) in [7, 11) is 1.72. The average molecular weight is 211 g/mol. The minimum atomic E-state index is 0.0566. The molecule has 1 atom stereocenters. The van der Waals surface area contributed by atoms with Crippen molar-refractivity contribution in [2.75, 3.05) is 13.7 Å². The van der Waals surface area contributed by atoms with E-state index in [4.69, 9.17) is 10.5 Å². The first-order chi connectivity index (χ1) is 7.07. The van der Waals surface area contributed by atoms with Gasteiger partial charge < -0.3 is 10.5 Å². The van der Waals surface area contributed by atoms with Crippen molar-refractivity contribution in [1.29, 1.82) is 0 Å². The minimum Gasteiger partial charge on any atom is -0.385 e. The van der Waals surface area contributed by atoms with Gasteiger partial charge in [0.1, 0.15) is 0 Å². The highest BCUT2D eigenvalue weighted by Gasteiger charge is 2.13. The molecule has 1 rings (SSSR count). The largest absolute Gasteiger partial charge is 0.385 e. The Bertz CT molecular complexity index is 318. The van der Waals surface area contributed by atoms with E-state index in [-0.39, 0.29) is 6.04 Å². The molecule has 0 aliphatic rings. The van der Waals surface area contributed by atoms with Crippen LogP contribution in [0.1, 0.15) is 36.3 Å². The molecule has 0 aromatic carbocycles. The molecule has 4 nitrogen and oxygen atoms in total. The maximum Gasteiger partial charge on any atom is 0.0644 e. The van der Waals surface area contributed by atoms with Crippen molar-refractivity contribution in [2.45, 2.75) is 39.8 Å². The van der Waals surface area contributed by atoms with Crippen molar-refractivity contribution in [2.24, 2.45) is 5.73 Å². The number of methoxy groups -OCH3 is 1. The molecule has 0 fully saturated rings. The van der Waals surface area contributed by atoms with Gasteiger partial charge in [-0.2, -0.15) is 5.10 Å². The monoisotopic (exact) mass is 211 g/mol. The number of hydrogen-bond acceptors (Lipinski definition) is 3. The maximum absolute atomic E-state index is 5.91. The zero-order chi connectivity index (χ0) is 11.4. The lowest BCUT2D eigenvalue weighted by molar-refractivity contribution is 0.188. The average Bonchev–Trinajstić information content (AvgIpc) is 2.42. The van der Waals surface area contributed by atoms with E-state index in [2.05, 4.69) is 12.0 Å². The Morgan fingerprint density at radius 3 is 2.60 bits per heavy atom. The van der Waals surface area contributed by atoms with E-state index in [9.17, 15) is 0 Å². The van der Waals surface area contributed by atoms with Crippen LogP contribution in [0.4, 0.5) is 0 Å². The summed E-state index contributed by atoms with van der Waals surface area (Å²) in [6.45, 7) is 7.75. The topological polar surface area (TPSA) is 53.1 Å². The predicted octanol–water partition coefficient (Wildman–Crippen LogP) is 1.56. The van der Waals surface area contributed by atoms with Gasteiger partial charge in [-0.15, -0.1) is 0 Å². The fraction of sp³-hybridized carbons (Fsp3) is 0.727. The second kappa shape index (κ2) is 5.28. The SMILES string of the molecule is COCCCn1nc(C)c(C(C)N)c1C. The highest BCUT2D eigenvalue weighted by Crippen LogP contribution is 2.19. The van der Waals surface area contributed by atoms with Crippen LogP contribution >= 0.6 is 0 Å². The van der Waals surface area contributed by atoms with Crippen LogP contribution in [0.2, 0.25) is 0 Å². The van der Waals surface area contributed by atoms with Crippen LogP contribution in [-0.2, 0) is 11.3 Å². The quantitative estimate of drug-likeness (QED) is 0.752. The summed E-state index contributed by atoms with van der Waals surface area (Å²) in [5.74, 6) is 0. The second-order valence-electron chi connectivity index (χ2n) is 3.94. The van der Waals surface area contributed by atoms with Crippen molar-refractivity contribution >= 4 is 0 Å². The first-order valence-corrected chi connectivity index (χ1v) is 5.36. The van der Waals surface area contributed by atoms with Gasteiger partial charge in [-0.3, -0.25) is 4.68 Å². The Kier molecular flexibility index (Phi) is 4.29. The molecule has 2 N–H and O–H groups in total. The van der Waals surface area contributed by atoms with Crippen LogP contribution in [-0.4, -0.2) is 23.5 Å². The molecule has 0 amide bonds. The molecule has 0 aliphatic heterocycles. The van der Waals surface area contributed by atoms with Gasteiger partial charge in [0.25, 0.3) is 0 Å². The molecule has 0 bridgehead atoms. The van der Waals surface area contributed by atoms with E-state index >= 15 is 0 Å². The molecule has 0 radical (unpaired) electrons. The van der Waals surface area contributed by atoms with Gasteiger partial charge in [0.2, 0.25) is 0 Å². The van der Waals surface area contributed by atoms with Crippen molar-refractivity contribution in [3.63, 3.8) is 0 Å². The summed E-state index contributed by atoms with van der Waals surface area (Å²) in [6.07, 6.45) is 0.983. The van der Waals surface area contributed by atoms with Crippen molar-refractivity contribution in [3.8, 4) is 0 Å². The lowest BCUT2D eigenvalue weighted by Crippen LogP contribution is -2.09. The molecule has 86 valence electrons. The van der Waals surface area contributed by atoms with Gasteiger partial charge >= 0.3 is 0 Å². The first-order valence-electron chi connectivity index (χ1n) is 5.36. The number of rotatable bonds is 5. The zero-order valence-corrected chi connectivity index (χ0v) is 10.1. The van der Waals surface area contributed by atoms with Crippen LogP contribution < -0.4 is 5.73 Å².